The van der Waals surface area contributed by atoms with Crippen LogP contribution in [0.3, 0.4) is 0 Å². The number of hydrogen-bond acceptors (Lipinski definition) is 1. The number of rotatable bonds is 16. The van der Waals surface area contributed by atoms with Gasteiger partial charge in [-0.2, -0.15) is 0 Å². The summed E-state index contributed by atoms with van der Waals surface area (Å²) in [7, 11) is 0. The number of unbranched alkanes of at least 4 members (excludes halogenated alkanes) is 12. The lowest BCUT2D eigenvalue weighted by Gasteiger charge is -2.02. The van der Waals surface area contributed by atoms with Gasteiger partial charge in [-0.25, -0.2) is 0 Å². The van der Waals surface area contributed by atoms with E-state index in [-0.39, 0.29) is 5.91 Å². The maximum atomic E-state index is 10.8. The molecule has 0 radical (unpaired) electrons. The molecule has 0 bridgehead atoms. The summed E-state index contributed by atoms with van der Waals surface area (Å²) in [5, 5.41) is 0. The topological polar surface area (TPSA) is 43.1 Å². The summed E-state index contributed by atoms with van der Waals surface area (Å²) >= 11 is 0. The van der Waals surface area contributed by atoms with Crippen molar-refractivity contribution < 1.29 is 4.79 Å². The van der Waals surface area contributed by atoms with Crippen molar-refractivity contribution in [2.75, 3.05) is 0 Å². The van der Waals surface area contributed by atoms with E-state index in [9.17, 15) is 4.79 Å². The first-order chi connectivity index (χ1) is 11.7. The van der Waals surface area contributed by atoms with E-state index in [4.69, 9.17) is 5.73 Å². The van der Waals surface area contributed by atoms with Crippen LogP contribution in [0, 0.1) is 0 Å². The summed E-state index contributed by atoms with van der Waals surface area (Å²) in [4.78, 5) is 10.8. The Morgan fingerprint density at radius 3 is 1.75 bits per heavy atom. The molecule has 0 heterocycles. The second-order valence-corrected chi connectivity index (χ2v) is 6.70. The summed E-state index contributed by atoms with van der Waals surface area (Å²) in [6.07, 6.45) is 27.7. The van der Waals surface area contributed by atoms with Crippen molar-refractivity contribution in [2.45, 2.75) is 97.3 Å². The minimum atomic E-state index is -0.361. The maximum Gasteiger partial charge on any atom is 0.244 e. The van der Waals surface area contributed by atoms with E-state index >= 15 is 0 Å². The van der Waals surface area contributed by atoms with Crippen molar-refractivity contribution >= 4 is 5.91 Å². The fourth-order valence-corrected chi connectivity index (χ4v) is 2.62. The van der Waals surface area contributed by atoms with Gasteiger partial charge in [0, 0.05) is 5.57 Å². The lowest BCUT2D eigenvalue weighted by Crippen LogP contribution is -2.11. The quantitative estimate of drug-likeness (QED) is 0.192. The van der Waals surface area contributed by atoms with Gasteiger partial charge in [0.1, 0.15) is 0 Å². The van der Waals surface area contributed by atoms with Crippen LogP contribution >= 0.6 is 0 Å². The third-order valence-corrected chi connectivity index (χ3v) is 4.32. The summed E-state index contributed by atoms with van der Waals surface area (Å²) < 4.78 is 0. The molecule has 0 saturated carbocycles. The second kappa shape index (κ2) is 18.0. The van der Waals surface area contributed by atoms with Crippen molar-refractivity contribution in [2.24, 2.45) is 5.73 Å². The molecule has 0 unspecified atom stereocenters. The molecule has 1 amide bonds. The number of nitrogens with two attached hydrogens (primary N) is 1. The molecule has 0 aliphatic carbocycles. The molecule has 24 heavy (non-hydrogen) atoms. The zero-order valence-electron chi connectivity index (χ0n) is 16.1. The zero-order valence-corrected chi connectivity index (χ0v) is 16.1. The molecule has 0 aromatic rings. The van der Waals surface area contributed by atoms with Crippen molar-refractivity contribution in [1.29, 1.82) is 0 Å². The first-order valence-corrected chi connectivity index (χ1v) is 9.98. The molecule has 0 aliphatic heterocycles. The molecule has 0 rings (SSSR count). The summed E-state index contributed by atoms with van der Waals surface area (Å²) in [5.41, 5.74) is 5.73. The number of carbonyl (C=O) groups excluding carboxylic acids is 1. The van der Waals surface area contributed by atoms with Gasteiger partial charge in [-0.1, -0.05) is 108 Å². The molecule has 0 aliphatic rings. The van der Waals surface area contributed by atoms with Crippen molar-refractivity contribution in [3.63, 3.8) is 0 Å². The van der Waals surface area contributed by atoms with Crippen molar-refractivity contribution in [1.82, 2.24) is 0 Å². The molecule has 0 aromatic carbocycles. The summed E-state index contributed by atoms with van der Waals surface area (Å²) in [6, 6.07) is 0. The molecular formula is C22H39NO. The predicted octanol–water partition coefficient (Wildman–Crippen LogP) is 6.62. The van der Waals surface area contributed by atoms with Crippen LogP contribution in [0.5, 0.6) is 0 Å². The molecular weight excluding hydrogens is 294 g/mol. The Hall–Kier alpha value is -1.31. The number of hydrogen-bond donors (Lipinski definition) is 1. The van der Waals surface area contributed by atoms with Crippen LogP contribution in [0.4, 0.5) is 0 Å². The standard InChI is InChI=1S/C22H39NO/c1-3-4-5-6-7-8-9-10-11-12-13-14-15-16-17-18-19-20-21(2)22(23)24/h16-20H,3-15H2,1-2H3,(H2,23,24). The highest BCUT2D eigenvalue weighted by Gasteiger charge is 1.93. The highest BCUT2D eigenvalue weighted by molar-refractivity contribution is 5.91. The average Bonchev–Trinajstić information content (AvgIpc) is 2.57. The Morgan fingerprint density at radius 2 is 1.25 bits per heavy atom. The Bertz CT molecular complexity index is 379. The summed E-state index contributed by atoms with van der Waals surface area (Å²) in [6.45, 7) is 4.00. The number of amides is 1. The highest BCUT2D eigenvalue weighted by Crippen LogP contribution is 2.12. The van der Waals surface area contributed by atoms with E-state index < -0.39 is 0 Å². The molecule has 0 fully saturated rings. The summed E-state index contributed by atoms with van der Waals surface area (Å²) in [5.74, 6) is -0.361. The molecule has 0 saturated heterocycles. The van der Waals surface area contributed by atoms with E-state index in [1.165, 1.54) is 77.0 Å². The van der Waals surface area contributed by atoms with E-state index in [2.05, 4.69) is 13.0 Å². The minimum Gasteiger partial charge on any atom is -0.366 e. The molecule has 2 heteroatoms. The van der Waals surface area contributed by atoms with Crippen LogP contribution in [0.15, 0.2) is 36.0 Å². The second-order valence-electron chi connectivity index (χ2n) is 6.70. The van der Waals surface area contributed by atoms with Crippen LogP contribution < -0.4 is 5.73 Å². The number of primary amides is 1. The SMILES string of the molecule is CCCCCCCCCCCCCCC=CC=CC=C(C)C(N)=O. The average molecular weight is 334 g/mol. The number of allylic oxidation sites excluding steroid dienone is 5. The number of carbonyl (C=O) groups is 1. The van der Waals surface area contributed by atoms with E-state index in [1.807, 2.05) is 18.2 Å². The first-order valence-electron chi connectivity index (χ1n) is 9.98. The molecule has 2 N–H and O–H groups in total. The Balaban J connectivity index is 3.30. The Labute approximate surface area is 150 Å². The zero-order chi connectivity index (χ0) is 17.9. The van der Waals surface area contributed by atoms with Crippen molar-refractivity contribution in [3.05, 3.63) is 36.0 Å². The Morgan fingerprint density at radius 1 is 0.750 bits per heavy atom. The van der Waals surface area contributed by atoms with Crippen LogP contribution in [-0.4, -0.2) is 5.91 Å². The molecule has 2 nitrogen and oxygen atoms in total. The molecule has 0 spiro atoms. The lowest BCUT2D eigenvalue weighted by molar-refractivity contribution is -0.114. The van der Waals surface area contributed by atoms with Gasteiger partial charge in [-0.05, 0) is 19.8 Å². The fourth-order valence-electron chi connectivity index (χ4n) is 2.62. The third kappa shape index (κ3) is 17.1. The van der Waals surface area contributed by atoms with Crippen LogP contribution in [0.1, 0.15) is 97.3 Å². The van der Waals surface area contributed by atoms with Crippen LogP contribution in [0.2, 0.25) is 0 Å². The first kappa shape index (κ1) is 22.7. The van der Waals surface area contributed by atoms with Crippen molar-refractivity contribution in [3.8, 4) is 0 Å². The van der Waals surface area contributed by atoms with Gasteiger partial charge in [0.25, 0.3) is 0 Å². The van der Waals surface area contributed by atoms with E-state index in [1.54, 1.807) is 13.0 Å². The van der Waals surface area contributed by atoms with E-state index in [0.29, 0.717) is 5.57 Å². The van der Waals surface area contributed by atoms with Gasteiger partial charge >= 0.3 is 0 Å². The Kier molecular flexibility index (Phi) is 17.1. The molecule has 0 aromatic heterocycles. The lowest BCUT2D eigenvalue weighted by atomic mass is 10.0. The van der Waals surface area contributed by atoms with Gasteiger partial charge in [0.05, 0.1) is 0 Å². The minimum absolute atomic E-state index is 0.361. The fraction of sp³-hybridized carbons (Fsp3) is 0.682. The molecule has 138 valence electrons. The van der Waals surface area contributed by atoms with E-state index in [0.717, 1.165) is 6.42 Å². The highest BCUT2D eigenvalue weighted by atomic mass is 16.1. The van der Waals surface area contributed by atoms with Gasteiger partial charge < -0.3 is 5.73 Å². The van der Waals surface area contributed by atoms with Gasteiger partial charge in [-0.15, -0.1) is 0 Å². The third-order valence-electron chi connectivity index (χ3n) is 4.32. The maximum absolute atomic E-state index is 10.8. The monoisotopic (exact) mass is 333 g/mol. The largest absolute Gasteiger partial charge is 0.366 e. The van der Waals surface area contributed by atoms with Crippen LogP contribution in [0.25, 0.3) is 0 Å². The van der Waals surface area contributed by atoms with Gasteiger partial charge in [0.15, 0.2) is 0 Å². The van der Waals surface area contributed by atoms with Gasteiger partial charge in [-0.3, -0.25) is 4.79 Å². The van der Waals surface area contributed by atoms with Crippen LogP contribution in [-0.2, 0) is 4.79 Å². The predicted molar refractivity (Wildman–Crippen MR) is 107 cm³/mol. The smallest absolute Gasteiger partial charge is 0.244 e. The molecule has 0 atom stereocenters. The normalized spacial score (nSPS) is 12.5. The van der Waals surface area contributed by atoms with Gasteiger partial charge in [0.2, 0.25) is 5.91 Å².